The van der Waals surface area contributed by atoms with Gasteiger partial charge in [0.25, 0.3) is 0 Å². The molecule has 0 saturated carbocycles. The summed E-state index contributed by atoms with van der Waals surface area (Å²) in [6.45, 7) is 8.23. The van der Waals surface area contributed by atoms with Crippen molar-refractivity contribution in [2.45, 2.75) is 32.4 Å². The molecule has 0 aliphatic rings. The zero-order valence-corrected chi connectivity index (χ0v) is 17.7. The van der Waals surface area contributed by atoms with E-state index < -0.39 is 8.07 Å². The molecule has 0 amide bonds. The third kappa shape index (κ3) is 5.40. The second-order valence-corrected chi connectivity index (χ2v) is 14.2. The Labute approximate surface area is 155 Å². The van der Waals surface area contributed by atoms with E-state index in [-0.39, 0.29) is 5.97 Å². The molecule has 8 heteroatoms. The summed E-state index contributed by atoms with van der Waals surface area (Å²) in [4.78, 5) is 13.3. The van der Waals surface area contributed by atoms with Gasteiger partial charge in [-0.15, -0.1) is 11.3 Å². The number of carbonyl (C=O) groups excluding carboxylic acids is 1. The molecule has 0 spiro atoms. The highest BCUT2D eigenvalue weighted by Gasteiger charge is 2.17. The maximum absolute atomic E-state index is 11.7. The molecule has 2 aromatic heterocycles. The van der Waals surface area contributed by atoms with Crippen LogP contribution in [0.3, 0.4) is 0 Å². The summed E-state index contributed by atoms with van der Waals surface area (Å²) in [5.41, 5.74) is 0.983. The summed E-state index contributed by atoms with van der Waals surface area (Å²) in [7, 11) is 0.338. The fourth-order valence-electron chi connectivity index (χ4n) is 1.84. The third-order valence-electron chi connectivity index (χ3n) is 3.20. The van der Waals surface area contributed by atoms with Gasteiger partial charge in [0.05, 0.1) is 13.3 Å². The molecule has 0 saturated heterocycles. The smallest absolute Gasteiger partial charge is 0.349 e. The lowest BCUT2D eigenvalue weighted by atomic mass is 10.3. The number of aromatic nitrogens is 2. The highest BCUT2D eigenvalue weighted by Crippen LogP contribution is 2.32. The SMILES string of the molecule is COC(=O)c1sc(-c2cnn(COCC[Si](C)(C)C)c2)cc1I. The van der Waals surface area contributed by atoms with E-state index in [9.17, 15) is 4.79 Å². The van der Waals surface area contributed by atoms with Gasteiger partial charge in [-0.25, -0.2) is 9.48 Å². The van der Waals surface area contributed by atoms with E-state index in [0.29, 0.717) is 11.6 Å². The predicted molar refractivity (Wildman–Crippen MR) is 104 cm³/mol. The normalized spacial score (nSPS) is 11.7. The number of esters is 1. The first-order valence-corrected chi connectivity index (χ1v) is 12.9. The lowest BCUT2D eigenvalue weighted by Gasteiger charge is -2.15. The molecule has 0 unspecified atom stereocenters. The van der Waals surface area contributed by atoms with Crippen LogP contribution in [-0.2, 0) is 16.2 Å². The van der Waals surface area contributed by atoms with Gasteiger partial charge in [-0.3, -0.25) is 0 Å². The number of hydrogen-bond donors (Lipinski definition) is 0. The number of carbonyl (C=O) groups is 1. The van der Waals surface area contributed by atoms with Crippen molar-refractivity contribution < 1.29 is 14.3 Å². The molecule has 23 heavy (non-hydrogen) atoms. The minimum absolute atomic E-state index is 0.298. The zero-order chi connectivity index (χ0) is 17.0. The fraction of sp³-hybridized carbons (Fsp3) is 0.467. The number of ether oxygens (including phenoxy) is 2. The second kappa shape index (κ2) is 7.91. The predicted octanol–water partition coefficient (Wildman–Crippen LogP) is 4.32. The summed E-state index contributed by atoms with van der Waals surface area (Å²) >= 11 is 3.57. The standard InChI is InChI=1S/C15H21IN2O3SSi/c1-20-15(19)14-12(16)7-13(22-14)11-8-17-18(9-11)10-21-5-6-23(2,3)4/h7-9H,5-6,10H2,1-4H3. The maximum atomic E-state index is 11.7. The number of hydrogen-bond acceptors (Lipinski definition) is 5. The van der Waals surface area contributed by atoms with Gasteiger partial charge in [0, 0.05) is 34.9 Å². The molecule has 0 aliphatic heterocycles. The van der Waals surface area contributed by atoms with Gasteiger partial charge in [0.1, 0.15) is 11.6 Å². The van der Waals surface area contributed by atoms with Crippen molar-refractivity contribution in [1.82, 2.24) is 9.78 Å². The molecular weight excluding hydrogens is 443 g/mol. The van der Waals surface area contributed by atoms with E-state index in [2.05, 4.69) is 47.3 Å². The molecule has 0 atom stereocenters. The van der Waals surface area contributed by atoms with Crippen LogP contribution in [0.25, 0.3) is 10.4 Å². The zero-order valence-electron chi connectivity index (χ0n) is 13.8. The summed E-state index contributed by atoms with van der Waals surface area (Å²) in [6, 6.07) is 3.12. The van der Waals surface area contributed by atoms with Crippen molar-refractivity contribution in [1.29, 1.82) is 0 Å². The second-order valence-electron chi connectivity index (χ2n) is 6.40. The highest BCUT2D eigenvalue weighted by molar-refractivity contribution is 14.1. The van der Waals surface area contributed by atoms with E-state index in [1.165, 1.54) is 18.4 Å². The van der Waals surface area contributed by atoms with Gasteiger partial charge in [-0.2, -0.15) is 5.10 Å². The van der Waals surface area contributed by atoms with Crippen molar-refractivity contribution in [3.05, 3.63) is 26.9 Å². The lowest BCUT2D eigenvalue weighted by Crippen LogP contribution is -2.22. The summed E-state index contributed by atoms with van der Waals surface area (Å²) in [5, 5.41) is 4.32. The first-order chi connectivity index (χ1) is 10.8. The number of rotatable bonds is 7. The Bertz CT molecular complexity index is 679. The van der Waals surface area contributed by atoms with Crippen LogP contribution in [0, 0.1) is 3.57 Å². The quantitative estimate of drug-likeness (QED) is 0.265. The van der Waals surface area contributed by atoms with Gasteiger partial charge < -0.3 is 9.47 Å². The number of halogens is 1. The van der Waals surface area contributed by atoms with Crippen molar-refractivity contribution >= 4 is 48.0 Å². The highest BCUT2D eigenvalue weighted by atomic mass is 127. The van der Waals surface area contributed by atoms with E-state index in [1.54, 1.807) is 10.9 Å². The Balaban J connectivity index is 1.98. The summed E-state index contributed by atoms with van der Waals surface area (Å²) in [5.74, 6) is -0.298. The van der Waals surface area contributed by atoms with Gasteiger partial charge in [0.2, 0.25) is 0 Å². The van der Waals surface area contributed by atoms with Crippen LogP contribution in [0.4, 0.5) is 0 Å². The fourth-order valence-corrected chi connectivity index (χ4v) is 4.61. The number of thiophene rings is 1. The molecule has 2 rings (SSSR count). The Hall–Kier alpha value is -0.713. The monoisotopic (exact) mass is 464 g/mol. The molecule has 2 heterocycles. The van der Waals surface area contributed by atoms with Gasteiger partial charge >= 0.3 is 5.97 Å². The number of nitrogens with zero attached hydrogens (tertiary/aromatic N) is 2. The van der Waals surface area contributed by atoms with Gasteiger partial charge in [-0.05, 0) is 34.7 Å². The van der Waals surface area contributed by atoms with Crippen LogP contribution >= 0.6 is 33.9 Å². The van der Waals surface area contributed by atoms with E-state index in [1.807, 2.05) is 12.3 Å². The first-order valence-electron chi connectivity index (χ1n) is 7.28. The molecule has 0 bridgehead atoms. The van der Waals surface area contributed by atoms with Crippen molar-refractivity contribution in [2.75, 3.05) is 13.7 Å². The van der Waals surface area contributed by atoms with E-state index in [0.717, 1.165) is 26.7 Å². The average molecular weight is 464 g/mol. The lowest BCUT2D eigenvalue weighted by molar-refractivity contribution is 0.0605. The van der Waals surface area contributed by atoms with Gasteiger partial charge in [0.15, 0.2) is 0 Å². The molecule has 5 nitrogen and oxygen atoms in total. The molecule has 0 radical (unpaired) electrons. The minimum Gasteiger partial charge on any atom is -0.465 e. The van der Waals surface area contributed by atoms with Gasteiger partial charge in [-0.1, -0.05) is 19.6 Å². The third-order valence-corrected chi connectivity index (χ3v) is 7.28. The van der Waals surface area contributed by atoms with Crippen molar-refractivity contribution in [3.8, 4) is 10.4 Å². The molecule has 2 aromatic rings. The maximum Gasteiger partial charge on any atom is 0.349 e. The van der Waals surface area contributed by atoms with Crippen molar-refractivity contribution in [3.63, 3.8) is 0 Å². The molecular formula is C15H21IN2O3SSi. The Morgan fingerprint density at radius 2 is 2.17 bits per heavy atom. The average Bonchev–Trinajstić information content (AvgIpc) is 3.08. The molecule has 0 aromatic carbocycles. The topological polar surface area (TPSA) is 53.3 Å². The minimum atomic E-state index is -1.06. The largest absolute Gasteiger partial charge is 0.465 e. The van der Waals surface area contributed by atoms with E-state index in [4.69, 9.17) is 9.47 Å². The molecule has 0 N–H and O–H groups in total. The molecule has 0 fully saturated rings. The van der Waals surface area contributed by atoms with Crippen LogP contribution in [0.5, 0.6) is 0 Å². The van der Waals surface area contributed by atoms with Crippen molar-refractivity contribution in [2.24, 2.45) is 0 Å². The Morgan fingerprint density at radius 3 is 2.83 bits per heavy atom. The molecule has 0 aliphatic carbocycles. The van der Waals surface area contributed by atoms with Crippen LogP contribution in [0.15, 0.2) is 18.5 Å². The Kier molecular flexibility index (Phi) is 6.40. The Morgan fingerprint density at radius 1 is 1.43 bits per heavy atom. The first kappa shape index (κ1) is 18.6. The number of methoxy groups -OCH3 is 1. The van der Waals surface area contributed by atoms with E-state index >= 15 is 0 Å². The molecule has 126 valence electrons. The van der Waals surface area contributed by atoms with Crippen LogP contribution in [-0.4, -0.2) is 37.5 Å². The van der Waals surface area contributed by atoms with Crippen LogP contribution in [0.2, 0.25) is 25.7 Å². The van der Waals surface area contributed by atoms with Crippen LogP contribution in [0.1, 0.15) is 9.67 Å². The summed E-state index contributed by atoms with van der Waals surface area (Å²) < 4.78 is 13.2. The summed E-state index contributed by atoms with van der Waals surface area (Å²) in [6.07, 6.45) is 3.74. The van der Waals surface area contributed by atoms with Crippen LogP contribution < -0.4 is 0 Å².